The third-order valence-corrected chi connectivity index (χ3v) is 7.15. The van der Waals surface area contributed by atoms with Crippen LogP contribution >= 0.6 is 11.8 Å². The number of aliphatic carboxylic acids is 1. The summed E-state index contributed by atoms with van der Waals surface area (Å²) >= 11 is 1.47. The van der Waals surface area contributed by atoms with E-state index in [-0.39, 0.29) is 16.5 Å². The monoisotopic (exact) mass is 384 g/mol. The number of hydrogen-bond donors (Lipinski definition) is 3. The number of amides is 1. The summed E-state index contributed by atoms with van der Waals surface area (Å²) in [5.74, 6) is -0.673. The summed E-state index contributed by atoms with van der Waals surface area (Å²) in [5, 5.41) is 12.1. The number of nitrogens with one attached hydrogen (secondary N) is 2. The molecule has 7 nitrogen and oxygen atoms in total. The Labute approximate surface area is 150 Å². The van der Waals surface area contributed by atoms with Gasteiger partial charge >= 0.3 is 5.97 Å². The number of thioether (sulfide) groups is 1. The van der Waals surface area contributed by atoms with Gasteiger partial charge in [0.05, 0.1) is 4.90 Å². The second kappa shape index (κ2) is 6.62. The molecule has 1 saturated heterocycles. The molecule has 136 valence electrons. The minimum atomic E-state index is -3.68. The van der Waals surface area contributed by atoms with Gasteiger partial charge in [0.25, 0.3) is 5.91 Å². The van der Waals surface area contributed by atoms with Crippen molar-refractivity contribution in [1.82, 2.24) is 10.0 Å². The van der Waals surface area contributed by atoms with Crippen LogP contribution in [0.3, 0.4) is 0 Å². The highest BCUT2D eigenvalue weighted by molar-refractivity contribution is 7.99. The standard InChI is InChI=1S/C16H20N2O5S2/c1-10-2-5-12(25(22,23)18-11-3-4-11)8-13(10)14(19)17-16(15(20)21)6-7-24-9-16/h2,5,8,11,18H,3-4,6-7,9H2,1H3,(H,17,19)(H,20,21). The summed E-state index contributed by atoms with van der Waals surface area (Å²) in [6, 6.07) is 4.30. The molecule has 3 N–H and O–H groups in total. The molecular formula is C16H20N2O5S2. The number of carbonyl (C=O) groups excluding carboxylic acids is 1. The Balaban J connectivity index is 1.87. The molecule has 1 atom stereocenters. The Hall–Kier alpha value is -1.58. The predicted molar refractivity (Wildman–Crippen MR) is 94.3 cm³/mol. The smallest absolute Gasteiger partial charge is 0.330 e. The van der Waals surface area contributed by atoms with Gasteiger partial charge in [-0.25, -0.2) is 17.9 Å². The highest BCUT2D eigenvalue weighted by Gasteiger charge is 2.43. The van der Waals surface area contributed by atoms with Crippen LogP contribution in [-0.2, 0) is 14.8 Å². The third kappa shape index (κ3) is 3.83. The molecule has 0 spiro atoms. The summed E-state index contributed by atoms with van der Waals surface area (Å²) < 4.78 is 27.3. The normalized spacial score (nSPS) is 23.4. The Morgan fingerprint density at radius 3 is 2.60 bits per heavy atom. The molecule has 1 aromatic carbocycles. The van der Waals surface area contributed by atoms with Crippen LogP contribution in [0.15, 0.2) is 23.1 Å². The van der Waals surface area contributed by atoms with Crippen LogP contribution < -0.4 is 10.0 Å². The fourth-order valence-corrected chi connectivity index (χ4v) is 5.33. The van der Waals surface area contributed by atoms with E-state index in [2.05, 4.69) is 10.0 Å². The van der Waals surface area contributed by atoms with Gasteiger partial charge in [-0.3, -0.25) is 4.79 Å². The summed E-state index contributed by atoms with van der Waals surface area (Å²) in [5.41, 5.74) is -0.528. The zero-order valence-corrected chi connectivity index (χ0v) is 15.4. The molecule has 1 unspecified atom stereocenters. The van der Waals surface area contributed by atoms with Crippen LogP contribution in [0.5, 0.6) is 0 Å². The number of rotatable bonds is 6. The summed E-state index contributed by atoms with van der Waals surface area (Å²) in [7, 11) is -3.68. The number of carboxylic acids is 1. The molecule has 0 bridgehead atoms. The minimum absolute atomic E-state index is 0.0142. The zero-order valence-electron chi connectivity index (χ0n) is 13.7. The van der Waals surface area contributed by atoms with Crippen LogP contribution in [0.1, 0.15) is 35.2 Å². The summed E-state index contributed by atoms with van der Waals surface area (Å²) in [4.78, 5) is 24.3. The first-order valence-corrected chi connectivity index (χ1v) is 10.6. The van der Waals surface area contributed by atoms with Gasteiger partial charge < -0.3 is 10.4 Å². The van der Waals surface area contributed by atoms with Crippen molar-refractivity contribution >= 4 is 33.7 Å². The van der Waals surface area contributed by atoms with E-state index in [1.54, 1.807) is 13.0 Å². The number of sulfonamides is 1. The molecule has 2 fully saturated rings. The molecule has 25 heavy (non-hydrogen) atoms. The predicted octanol–water partition coefficient (Wildman–Crippen LogP) is 1.13. The first-order valence-electron chi connectivity index (χ1n) is 8.00. The molecule has 1 heterocycles. The topological polar surface area (TPSA) is 113 Å². The third-order valence-electron chi connectivity index (χ3n) is 4.45. The fraction of sp³-hybridized carbons (Fsp3) is 0.500. The lowest BCUT2D eigenvalue weighted by atomic mass is 9.98. The lowest BCUT2D eigenvalue weighted by molar-refractivity contribution is -0.143. The largest absolute Gasteiger partial charge is 0.479 e. The molecule has 9 heteroatoms. The van der Waals surface area contributed by atoms with Gasteiger partial charge in [-0.1, -0.05) is 6.07 Å². The van der Waals surface area contributed by atoms with Gasteiger partial charge in [-0.2, -0.15) is 11.8 Å². The second-order valence-corrected chi connectivity index (χ2v) is 9.34. The van der Waals surface area contributed by atoms with E-state index in [9.17, 15) is 23.1 Å². The molecular weight excluding hydrogens is 364 g/mol. The molecule has 0 aromatic heterocycles. The van der Waals surface area contributed by atoms with Crippen molar-refractivity contribution in [3.63, 3.8) is 0 Å². The first-order chi connectivity index (χ1) is 11.7. The average Bonchev–Trinajstić information content (AvgIpc) is 3.21. The maximum absolute atomic E-state index is 12.6. The van der Waals surface area contributed by atoms with E-state index < -0.39 is 27.4 Å². The minimum Gasteiger partial charge on any atom is -0.479 e. The van der Waals surface area contributed by atoms with Crippen LogP contribution in [0.2, 0.25) is 0 Å². The van der Waals surface area contributed by atoms with Crippen LogP contribution in [0.4, 0.5) is 0 Å². The molecule has 1 aliphatic carbocycles. The van der Waals surface area contributed by atoms with Crippen LogP contribution in [0.25, 0.3) is 0 Å². The van der Waals surface area contributed by atoms with Crippen molar-refractivity contribution in [2.75, 3.05) is 11.5 Å². The van der Waals surface area contributed by atoms with Crippen molar-refractivity contribution in [2.24, 2.45) is 0 Å². The molecule has 1 saturated carbocycles. The number of aryl methyl sites for hydroxylation is 1. The van der Waals surface area contributed by atoms with E-state index in [4.69, 9.17) is 0 Å². The fourth-order valence-electron chi connectivity index (χ4n) is 2.67. The van der Waals surface area contributed by atoms with E-state index in [0.29, 0.717) is 23.5 Å². The van der Waals surface area contributed by atoms with Crippen molar-refractivity contribution in [2.45, 2.75) is 42.7 Å². The van der Waals surface area contributed by atoms with Crippen molar-refractivity contribution < 1.29 is 23.1 Å². The number of carboxylic acid groups (broad SMARTS) is 1. The number of hydrogen-bond acceptors (Lipinski definition) is 5. The lowest BCUT2D eigenvalue weighted by Gasteiger charge is -2.25. The quantitative estimate of drug-likeness (QED) is 0.678. The molecule has 3 rings (SSSR count). The molecule has 2 aliphatic rings. The highest BCUT2D eigenvalue weighted by Crippen LogP contribution is 2.29. The Morgan fingerprint density at radius 2 is 2.04 bits per heavy atom. The van der Waals surface area contributed by atoms with Gasteiger partial charge in [-0.15, -0.1) is 0 Å². The van der Waals surface area contributed by atoms with Crippen molar-refractivity contribution in [3.8, 4) is 0 Å². The first kappa shape index (κ1) is 18.2. The highest BCUT2D eigenvalue weighted by atomic mass is 32.2. The Morgan fingerprint density at radius 1 is 1.32 bits per heavy atom. The van der Waals surface area contributed by atoms with Gasteiger partial charge in [0.2, 0.25) is 10.0 Å². The van der Waals surface area contributed by atoms with Crippen molar-refractivity contribution in [3.05, 3.63) is 29.3 Å². The Kier molecular flexibility index (Phi) is 4.82. The average molecular weight is 384 g/mol. The number of benzene rings is 1. The zero-order chi connectivity index (χ0) is 18.2. The van der Waals surface area contributed by atoms with Crippen molar-refractivity contribution in [1.29, 1.82) is 0 Å². The summed E-state index contributed by atoms with van der Waals surface area (Å²) in [6.45, 7) is 1.69. The number of carbonyl (C=O) groups is 2. The molecule has 1 aromatic rings. The van der Waals surface area contributed by atoms with Gasteiger partial charge in [-0.05, 0) is 49.6 Å². The van der Waals surface area contributed by atoms with Gasteiger partial charge in [0, 0.05) is 17.4 Å². The van der Waals surface area contributed by atoms with E-state index >= 15 is 0 Å². The SMILES string of the molecule is Cc1ccc(S(=O)(=O)NC2CC2)cc1C(=O)NC1(C(=O)O)CCSC1. The van der Waals surface area contributed by atoms with Gasteiger partial charge in [0.15, 0.2) is 0 Å². The van der Waals surface area contributed by atoms with E-state index in [1.165, 1.54) is 23.9 Å². The second-order valence-electron chi connectivity index (χ2n) is 6.52. The summed E-state index contributed by atoms with van der Waals surface area (Å²) in [6.07, 6.45) is 1.98. The maximum atomic E-state index is 12.6. The molecule has 0 radical (unpaired) electrons. The molecule has 1 amide bonds. The maximum Gasteiger partial charge on any atom is 0.330 e. The molecule has 1 aliphatic heterocycles. The van der Waals surface area contributed by atoms with E-state index in [1.807, 2.05) is 0 Å². The Bertz CT molecular complexity index is 812. The lowest BCUT2D eigenvalue weighted by Crippen LogP contribution is -2.54. The van der Waals surface area contributed by atoms with Crippen LogP contribution in [0, 0.1) is 6.92 Å². The van der Waals surface area contributed by atoms with Gasteiger partial charge in [0.1, 0.15) is 5.54 Å². The van der Waals surface area contributed by atoms with E-state index in [0.717, 1.165) is 12.8 Å². The van der Waals surface area contributed by atoms with Crippen LogP contribution in [-0.4, -0.2) is 48.5 Å².